The van der Waals surface area contributed by atoms with E-state index in [2.05, 4.69) is 12.2 Å². The van der Waals surface area contributed by atoms with Gasteiger partial charge in [-0.1, -0.05) is 90.5 Å². The summed E-state index contributed by atoms with van der Waals surface area (Å²) in [6.07, 6.45) is 4.22. The number of fused-ring (bicyclic) bond motifs is 1. The fraction of sp³-hybridized carbons (Fsp3) is 0.152. The summed E-state index contributed by atoms with van der Waals surface area (Å²) in [6, 6.07) is 35.0. The molecule has 0 saturated carbocycles. The molecule has 0 bridgehead atoms. The van der Waals surface area contributed by atoms with Crippen molar-refractivity contribution in [1.29, 1.82) is 0 Å². The molecule has 0 aromatic heterocycles. The van der Waals surface area contributed by atoms with Crippen LogP contribution >= 0.6 is 0 Å². The number of nitrogens with zero attached hydrogens (tertiary/aromatic N) is 1. The van der Waals surface area contributed by atoms with E-state index in [4.69, 9.17) is 4.74 Å². The fourth-order valence-corrected chi connectivity index (χ4v) is 5.59. The van der Waals surface area contributed by atoms with Gasteiger partial charge >= 0.3 is 0 Å². The summed E-state index contributed by atoms with van der Waals surface area (Å²) in [5.74, 6) is -0.159. The Morgan fingerprint density at radius 3 is 1.46 bits per heavy atom. The molecule has 1 heterocycles. The van der Waals surface area contributed by atoms with Crippen LogP contribution in [0.5, 0.6) is 11.5 Å². The number of aryl methyl sites for hydroxylation is 1. The molecular formula is C33H27NO3. The molecule has 1 aliphatic carbocycles. The Kier molecular flexibility index (Phi) is 5.93. The van der Waals surface area contributed by atoms with Crippen LogP contribution in [-0.2, 0) is 9.59 Å². The second kappa shape index (κ2) is 9.55. The van der Waals surface area contributed by atoms with Gasteiger partial charge in [-0.3, -0.25) is 9.59 Å². The van der Waals surface area contributed by atoms with Crippen molar-refractivity contribution >= 4 is 17.5 Å². The zero-order valence-electron chi connectivity index (χ0n) is 20.5. The van der Waals surface area contributed by atoms with Crippen LogP contribution in [0.1, 0.15) is 28.5 Å². The number of benzene rings is 4. The molecule has 0 N–H and O–H groups in total. The first-order chi connectivity index (χ1) is 18.1. The first kappa shape index (κ1) is 23.0. The molecule has 4 aromatic rings. The van der Waals surface area contributed by atoms with Crippen LogP contribution < -0.4 is 9.64 Å². The molecule has 6 rings (SSSR count). The highest BCUT2D eigenvalue weighted by Gasteiger charge is 2.55. The molecule has 4 aromatic carbocycles. The zero-order valence-corrected chi connectivity index (χ0v) is 20.5. The average molecular weight is 486 g/mol. The minimum absolute atomic E-state index is 0.152. The van der Waals surface area contributed by atoms with Gasteiger partial charge in [0.25, 0.3) is 0 Å². The smallest absolute Gasteiger partial charge is 0.238 e. The summed E-state index contributed by atoms with van der Waals surface area (Å²) in [7, 11) is 0. The first-order valence-corrected chi connectivity index (χ1v) is 12.6. The second-order valence-corrected chi connectivity index (χ2v) is 9.73. The highest BCUT2D eigenvalue weighted by atomic mass is 16.5. The van der Waals surface area contributed by atoms with Crippen molar-refractivity contribution in [2.24, 2.45) is 11.8 Å². The summed E-state index contributed by atoms with van der Waals surface area (Å²) in [4.78, 5) is 29.3. The lowest BCUT2D eigenvalue weighted by atomic mass is 9.68. The predicted octanol–water partition coefficient (Wildman–Crippen LogP) is 7.03. The van der Waals surface area contributed by atoms with E-state index in [1.807, 2.05) is 91.9 Å². The Bertz CT molecular complexity index is 1380. The van der Waals surface area contributed by atoms with Gasteiger partial charge in [-0.05, 0) is 54.4 Å². The Morgan fingerprint density at radius 2 is 1.00 bits per heavy atom. The molecule has 1 fully saturated rings. The third kappa shape index (κ3) is 4.25. The molecule has 0 unspecified atom stereocenters. The molecular weight excluding hydrogens is 458 g/mol. The molecule has 182 valence electrons. The van der Waals surface area contributed by atoms with Crippen LogP contribution in [-0.4, -0.2) is 11.8 Å². The second-order valence-electron chi connectivity index (χ2n) is 9.73. The number of amides is 2. The van der Waals surface area contributed by atoms with E-state index in [1.165, 1.54) is 4.90 Å². The Morgan fingerprint density at radius 1 is 0.568 bits per heavy atom. The lowest BCUT2D eigenvalue weighted by Gasteiger charge is -2.32. The van der Waals surface area contributed by atoms with Crippen molar-refractivity contribution in [2.45, 2.75) is 18.8 Å². The number of rotatable bonds is 5. The summed E-state index contributed by atoms with van der Waals surface area (Å²) in [5, 5.41) is 0. The van der Waals surface area contributed by atoms with Crippen molar-refractivity contribution in [1.82, 2.24) is 0 Å². The molecule has 1 saturated heterocycles. The summed E-state index contributed by atoms with van der Waals surface area (Å²) in [5.41, 5.74) is 3.82. The number of hydrogen-bond acceptors (Lipinski definition) is 3. The summed E-state index contributed by atoms with van der Waals surface area (Å²) in [6.45, 7) is 2.03. The number of allylic oxidation sites excluding steroid dienone is 2. The molecule has 4 nitrogen and oxygen atoms in total. The van der Waals surface area contributed by atoms with Crippen molar-refractivity contribution in [2.75, 3.05) is 4.90 Å². The van der Waals surface area contributed by atoms with Crippen LogP contribution in [0, 0.1) is 18.8 Å². The van der Waals surface area contributed by atoms with Gasteiger partial charge < -0.3 is 4.74 Å². The first-order valence-electron chi connectivity index (χ1n) is 12.6. The van der Waals surface area contributed by atoms with Gasteiger partial charge in [0.15, 0.2) is 0 Å². The van der Waals surface area contributed by atoms with Gasteiger partial charge in [0.2, 0.25) is 11.8 Å². The molecule has 4 atom stereocenters. The summed E-state index contributed by atoms with van der Waals surface area (Å²) < 4.78 is 5.95. The van der Waals surface area contributed by atoms with Crippen molar-refractivity contribution in [3.05, 3.63) is 138 Å². The zero-order chi connectivity index (χ0) is 25.4. The van der Waals surface area contributed by atoms with Crippen molar-refractivity contribution in [3.63, 3.8) is 0 Å². The van der Waals surface area contributed by atoms with Crippen LogP contribution in [0.25, 0.3) is 0 Å². The SMILES string of the molecule is Cc1ccc(Oc2ccc(N3C(=O)[C@H]4[C@H](C3=O)[C@H](c3ccccc3)C=C[C@@H]4c3ccccc3)cc2)cc1. The predicted molar refractivity (Wildman–Crippen MR) is 145 cm³/mol. The quantitative estimate of drug-likeness (QED) is 0.225. The van der Waals surface area contributed by atoms with Gasteiger partial charge in [-0.2, -0.15) is 0 Å². The van der Waals surface area contributed by atoms with Gasteiger partial charge in [-0.25, -0.2) is 4.90 Å². The monoisotopic (exact) mass is 485 g/mol. The average Bonchev–Trinajstić information content (AvgIpc) is 3.21. The third-order valence-electron chi connectivity index (χ3n) is 7.42. The van der Waals surface area contributed by atoms with E-state index in [-0.39, 0.29) is 23.7 Å². The van der Waals surface area contributed by atoms with E-state index >= 15 is 0 Å². The molecule has 37 heavy (non-hydrogen) atoms. The highest BCUT2D eigenvalue weighted by Crippen LogP contribution is 2.50. The molecule has 4 heteroatoms. The normalized spacial score (nSPS) is 22.7. The summed E-state index contributed by atoms with van der Waals surface area (Å²) >= 11 is 0. The van der Waals surface area contributed by atoms with Crippen molar-refractivity contribution in [3.8, 4) is 11.5 Å². The van der Waals surface area contributed by atoms with E-state index < -0.39 is 11.8 Å². The maximum atomic E-state index is 14.0. The van der Waals surface area contributed by atoms with Crippen LogP contribution in [0.2, 0.25) is 0 Å². The number of carbonyl (C=O) groups excluding carboxylic acids is 2. The molecule has 0 spiro atoms. The van der Waals surface area contributed by atoms with Gasteiger partial charge in [0.1, 0.15) is 11.5 Å². The maximum absolute atomic E-state index is 14.0. The Labute approximate surface area is 216 Å². The van der Waals surface area contributed by atoms with E-state index in [9.17, 15) is 9.59 Å². The molecule has 2 amide bonds. The Hall–Kier alpha value is -4.44. The van der Waals surface area contributed by atoms with Gasteiger partial charge in [0, 0.05) is 11.8 Å². The van der Waals surface area contributed by atoms with E-state index in [0.717, 1.165) is 22.4 Å². The lowest BCUT2D eigenvalue weighted by Crippen LogP contribution is -2.31. The molecule has 2 aliphatic rings. The number of carbonyl (C=O) groups is 2. The third-order valence-corrected chi connectivity index (χ3v) is 7.42. The lowest BCUT2D eigenvalue weighted by molar-refractivity contribution is -0.122. The molecule has 0 radical (unpaired) electrons. The van der Waals surface area contributed by atoms with Gasteiger partial charge in [0.05, 0.1) is 17.5 Å². The van der Waals surface area contributed by atoms with E-state index in [0.29, 0.717) is 11.4 Å². The fourth-order valence-electron chi connectivity index (χ4n) is 5.59. The minimum atomic E-state index is -0.464. The minimum Gasteiger partial charge on any atom is -0.457 e. The van der Waals surface area contributed by atoms with Crippen LogP contribution in [0.4, 0.5) is 5.69 Å². The molecule has 1 aliphatic heterocycles. The van der Waals surface area contributed by atoms with Crippen molar-refractivity contribution < 1.29 is 14.3 Å². The van der Waals surface area contributed by atoms with Gasteiger partial charge in [-0.15, -0.1) is 0 Å². The van der Waals surface area contributed by atoms with Crippen LogP contribution in [0.3, 0.4) is 0 Å². The largest absolute Gasteiger partial charge is 0.457 e. The Balaban J connectivity index is 1.34. The number of imide groups is 1. The topological polar surface area (TPSA) is 46.6 Å². The highest BCUT2D eigenvalue weighted by molar-refractivity contribution is 6.23. The number of hydrogen-bond donors (Lipinski definition) is 0. The van der Waals surface area contributed by atoms with Crippen LogP contribution in [0.15, 0.2) is 121 Å². The number of ether oxygens (including phenoxy) is 1. The maximum Gasteiger partial charge on any atom is 0.238 e. The standard InChI is InChI=1S/C33H27NO3/c1-22-12-16-26(17-13-22)37-27-18-14-25(15-19-27)34-32(35)30-28(23-8-4-2-5-9-23)20-21-29(31(30)33(34)36)24-10-6-3-7-11-24/h2-21,28-31H,1H3/t28-,29+,30-,31-/m1/s1. The van der Waals surface area contributed by atoms with E-state index in [1.54, 1.807) is 24.3 Å². The number of anilines is 1.